The third-order valence-electron chi connectivity index (χ3n) is 5.28. The summed E-state index contributed by atoms with van der Waals surface area (Å²) in [6, 6.07) is 1.86. The van der Waals surface area contributed by atoms with Crippen LogP contribution in [0.3, 0.4) is 0 Å². The van der Waals surface area contributed by atoms with Gasteiger partial charge in [-0.05, 0) is 44.4 Å². The van der Waals surface area contributed by atoms with Crippen LogP contribution in [-0.2, 0) is 10.0 Å². The number of halogens is 2. The van der Waals surface area contributed by atoms with E-state index in [1.54, 1.807) is 13.1 Å². The molecule has 4 N–H and O–H groups in total. The summed E-state index contributed by atoms with van der Waals surface area (Å²) in [6.45, 7) is 3.79. The molecule has 1 unspecified atom stereocenters. The summed E-state index contributed by atoms with van der Waals surface area (Å²) in [5.41, 5.74) is 1.86. The first-order chi connectivity index (χ1) is 16.9. The van der Waals surface area contributed by atoms with Crippen molar-refractivity contribution < 1.29 is 22.7 Å². The van der Waals surface area contributed by atoms with Crippen molar-refractivity contribution in [1.82, 2.24) is 20.3 Å². The first-order valence-corrected chi connectivity index (χ1v) is 14.0. The number of anilines is 2. The Morgan fingerprint density at radius 3 is 2.67 bits per heavy atom. The molecule has 4 rings (SSSR count). The summed E-state index contributed by atoms with van der Waals surface area (Å²) >= 11 is 7.98. The van der Waals surface area contributed by atoms with Crippen LogP contribution in [0, 0.1) is 12.7 Å². The van der Waals surface area contributed by atoms with Crippen molar-refractivity contribution in [3.05, 3.63) is 39.7 Å². The van der Waals surface area contributed by atoms with Crippen LogP contribution in [0.2, 0.25) is 5.02 Å². The van der Waals surface area contributed by atoms with Gasteiger partial charge in [-0.2, -0.15) is 0 Å². The summed E-state index contributed by atoms with van der Waals surface area (Å²) in [5.74, 6) is -0.0907. The van der Waals surface area contributed by atoms with E-state index in [1.807, 2.05) is 6.92 Å². The Hall–Kier alpha value is -3.03. The van der Waals surface area contributed by atoms with Crippen molar-refractivity contribution in [1.29, 1.82) is 0 Å². The number of carbonyl (C=O) groups is 1. The third-order valence-corrected chi connectivity index (χ3v) is 7.50. The van der Waals surface area contributed by atoms with Gasteiger partial charge in [0.15, 0.2) is 0 Å². The lowest BCUT2D eigenvalue weighted by atomic mass is 10.1. The number of hydrogen-bond donors (Lipinski definition) is 4. The van der Waals surface area contributed by atoms with Crippen molar-refractivity contribution >= 4 is 50.7 Å². The zero-order chi connectivity index (χ0) is 26.2. The summed E-state index contributed by atoms with van der Waals surface area (Å²) < 4.78 is 40.4. The number of sulfonamides is 1. The molecule has 14 heteroatoms. The molecule has 1 aliphatic carbocycles. The number of aromatic nitrogens is 3. The van der Waals surface area contributed by atoms with Gasteiger partial charge in [0.2, 0.25) is 16.0 Å². The second-order valence-corrected chi connectivity index (χ2v) is 11.8. The Balaban J connectivity index is 1.78. The Bertz CT molecular complexity index is 1430. The van der Waals surface area contributed by atoms with Gasteiger partial charge in [0.05, 0.1) is 38.2 Å². The van der Waals surface area contributed by atoms with Crippen LogP contribution in [0.15, 0.2) is 18.3 Å². The van der Waals surface area contributed by atoms with E-state index in [0.717, 1.165) is 35.7 Å². The van der Waals surface area contributed by atoms with E-state index < -0.39 is 21.9 Å². The second-order valence-electron chi connectivity index (χ2n) is 8.65. The van der Waals surface area contributed by atoms with E-state index in [-0.39, 0.29) is 34.8 Å². The Morgan fingerprint density at radius 1 is 1.31 bits per heavy atom. The predicted octanol–water partition coefficient (Wildman–Crippen LogP) is 4.68. The Morgan fingerprint density at radius 2 is 2.03 bits per heavy atom. The van der Waals surface area contributed by atoms with Gasteiger partial charge in [-0.25, -0.2) is 32.6 Å². The smallest absolute Gasteiger partial charge is 0.404 e. The number of rotatable bonds is 9. The van der Waals surface area contributed by atoms with Crippen LogP contribution in [-0.4, -0.2) is 53.4 Å². The summed E-state index contributed by atoms with van der Waals surface area (Å²) in [4.78, 5) is 25.2. The van der Waals surface area contributed by atoms with Crippen molar-refractivity contribution in [3.63, 3.8) is 0 Å². The third kappa shape index (κ3) is 6.20. The molecule has 1 saturated carbocycles. The standard InChI is InChI=1S/C22H24ClFN6O4S2/c1-10-8-25-21(26-9-11(2)27-22(31)32)29-17(10)19-18(28-20(35-19)12-4-5-12)14-6-13(24)7-15(16(14)23)30-36(3,33)34/h6-8,11-12,27,30H,4-5,9H2,1-3H3,(H,31,32)(H,25,26,29). The zero-order valence-corrected chi connectivity index (χ0v) is 22.0. The van der Waals surface area contributed by atoms with Gasteiger partial charge >= 0.3 is 6.09 Å². The lowest BCUT2D eigenvalue weighted by Gasteiger charge is -2.14. The van der Waals surface area contributed by atoms with Gasteiger partial charge in [0, 0.05) is 30.3 Å². The molecule has 1 amide bonds. The fourth-order valence-electron chi connectivity index (χ4n) is 3.48. The zero-order valence-electron chi connectivity index (χ0n) is 19.6. The molecule has 1 atom stereocenters. The quantitative estimate of drug-likeness (QED) is 0.298. The molecule has 2 aromatic heterocycles. The van der Waals surface area contributed by atoms with E-state index in [9.17, 15) is 17.6 Å². The largest absolute Gasteiger partial charge is 0.465 e. The van der Waals surface area contributed by atoms with E-state index in [2.05, 4.69) is 25.3 Å². The molecule has 0 saturated heterocycles. The van der Waals surface area contributed by atoms with Crippen LogP contribution >= 0.6 is 22.9 Å². The molecule has 10 nitrogen and oxygen atoms in total. The van der Waals surface area contributed by atoms with Gasteiger partial charge in [-0.1, -0.05) is 11.6 Å². The number of amides is 1. The van der Waals surface area contributed by atoms with Crippen LogP contribution < -0.4 is 15.4 Å². The second kappa shape index (κ2) is 10.1. The number of nitrogens with one attached hydrogen (secondary N) is 3. The molecule has 1 fully saturated rings. The molecule has 3 aromatic rings. The molecule has 2 heterocycles. The number of hydrogen-bond acceptors (Lipinski definition) is 8. The van der Waals surface area contributed by atoms with Crippen molar-refractivity contribution in [2.24, 2.45) is 0 Å². The SMILES string of the molecule is Cc1cnc(NCC(C)NC(=O)O)nc1-c1sc(C2CC2)nc1-c1cc(F)cc(NS(C)(=O)=O)c1Cl. The molecule has 1 aromatic carbocycles. The van der Waals surface area contributed by atoms with E-state index in [1.165, 1.54) is 17.4 Å². The van der Waals surface area contributed by atoms with Crippen molar-refractivity contribution in [3.8, 4) is 21.8 Å². The molecular weight excluding hydrogens is 531 g/mol. The molecule has 0 spiro atoms. The van der Waals surface area contributed by atoms with Gasteiger partial charge in [0.1, 0.15) is 5.82 Å². The monoisotopic (exact) mass is 554 g/mol. The summed E-state index contributed by atoms with van der Waals surface area (Å²) in [5, 5.41) is 15.1. The van der Waals surface area contributed by atoms with Gasteiger partial charge in [-0.3, -0.25) is 4.72 Å². The fraction of sp³-hybridized carbons (Fsp3) is 0.364. The molecule has 36 heavy (non-hydrogen) atoms. The molecule has 1 aliphatic rings. The minimum atomic E-state index is -3.70. The highest BCUT2D eigenvalue weighted by atomic mass is 35.5. The number of aryl methyl sites for hydroxylation is 1. The van der Waals surface area contributed by atoms with Crippen LogP contribution in [0.4, 0.5) is 20.8 Å². The summed E-state index contributed by atoms with van der Waals surface area (Å²) in [6.07, 6.45) is 3.44. The normalized spacial score (nSPS) is 14.4. The number of carboxylic acid groups (broad SMARTS) is 1. The predicted molar refractivity (Wildman–Crippen MR) is 138 cm³/mol. The van der Waals surface area contributed by atoms with Crippen LogP contribution in [0.1, 0.15) is 36.3 Å². The molecular formula is C22H24ClFN6O4S2. The average molecular weight is 555 g/mol. The molecule has 0 aliphatic heterocycles. The van der Waals surface area contributed by atoms with E-state index in [4.69, 9.17) is 21.7 Å². The van der Waals surface area contributed by atoms with Crippen molar-refractivity contribution in [2.75, 3.05) is 22.8 Å². The maximum Gasteiger partial charge on any atom is 0.404 e. The van der Waals surface area contributed by atoms with Gasteiger partial charge in [0.25, 0.3) is 0 Å². The van der Waals surface area contributed by atoms with Gasteiger partial charge in [-0.15, -0.1) is 11.3 Å². The van der Waals surface area contributed by atoms with Crippen LogP contribution in [0.25, 0.3) is 21.8 Å². The molecule has 192 valence electrons. The molecule has 0 radical (unpaired) electrons. The lowest BCUT2D eigenvalue weighted by Crippen LogP contribution is -2.36. The molecule has 0 bridgehead atoms. The first-order valence-electron chi connectivity index (χ1n) is 11.0. The first kappa shape index (κ1) is 26.0. The topological polar surface area (TPSA) is 146 Å². The number of thiazole rings is 1. The highest BCUT2D eigenvalue weighted by Crippen LogP contribution is 2.49. The highest BCUT2D eigenvalue weighted by Gasteiger charge is 2.31. The summed E-state index contributed by atoms with van der Waals surface area (Å²) in [7, 11) is -3.70. The van der Waals surface area contributed by atoms with Crippen LogP contribution in [0.5, 0.6) is 0 Å². The average Bonchev–Trinajstić information content (AvgIpc) is 3.53. The number of nitrogens with zero attached hydrogens (tertiary/aromatic N) is 3. The number of benzene rings is 1. The Kier molecular flexibility index (Phi) is 7.34. The highest BCUT2D eigenvalue weighted by molar-refractivity contribution is 7.92. The van der Waals surface area contributed by atoms with E-state index in [0.29, 0.717) is 22.2 Å². The minimum Gasteiger partial charge on any atom is -0.465 e. The Labute approximate surface area is 216 Å². The van der Waals surface area contributed by atoms with Gasteiger partial charge < -0.3 is 15.7 Å². The minimum absolute atomic E-state index is 0.0225. The fourth-order valence-corrected chi connectivity index (χ4v) is 5.65. The lowest BCUT2D eigenvalue weighted by molar-refractivity contribution is 0.191. The maximum atomic E-state index is 14.6. The van der Waals surface area contributed by atoms with Crippen molar-refractivity contribution in [2.45, 2.75) is 38.6 Å². The van der Waals surface area contributed by atoms with E-state index >= 15 is 0 Å². The maximum absolute atomic E-state index is 14.6.